The van der Waals surface area contributed by atoms with Crippen molar-refractivity contribution in [3.8, 4) is 5.75 Å². The second-order valence-corrected chi connectivity index (χ2v) is 5.60. The fourth-order valence-corrected chi connectivity index (χ4v) is 2.46. The fraction of sp³-hybridized carbons (Fsp3) is 0.368. The average Bonchev–Trinajstić information content (AvgIpc) is 2.57. The molecule has 1 heterocycles. The van der Waals surface area contributed by atoms with Gasteiger partial charge in [-0.1, -0.05) is 18.2 Å². The molecule has 5 nitrogen and oxygen atoms in total. The number of aryl methyl sites for hydroxylation is 1. The third-order valence-corrected chi connectivity index (χ3v) is 3.60. The molecule has 2 rings (SSSR count). The minimum Gasteiger partial charge on any atom is -0.494 e. The summed E-state index contributed by atoms with van der Waals surface area (Å²) in [6, 6.07) is 14.2. The molecule has 0 aliphatic carbocycles. The summed E-state index contributed by atoms with van der Waals surface area (Å²) in [6.45, 7) is 6.09. The standard InChI is InChI=1S/C19H26N4O/c1-5-24-18-11-9-16(10-12-18)14-23(4)19(20-3)21-13-17-8-6-7-15(2)22-17/h6-12H,5,13-14H2,1-4H3,(H,20,21). The van der Waals surface area contributed by atoms with Crippen LogP contribution in [0.3, 0.4) is 0 Å². The van der Waals surface area contributed by atoms with Crippen molar-refractivity contribution >= 4 is 5.96 Å². The normalized spacial score (nSPS) is 11.2. The summed E-state index contributed by atoms with van der Waals surface area (Å²) in [5.41, 5.74) is 3.23. The highest BCUT2D eigenvalue weighted by Crippen LogP contribution is 2.13. The lowest BCUT2D eigenvalue weighted by atomic mass is 10.2. The van der Waals surface area contributed by atoms with Crippen LogP contribution in [0.4, 0.5) is 0 Å². The molecule has 1 N–H and O–H groups in total. The van der Waals surface area contributed by atoms with E-state index in [0.29, 0.717) is 13.2 Å². The topological polar surface area (TPSA) is 49.8 Å². The average molecular weight is 326 g/mol. The number of guanidine groups is 1. The summed E-state index contributed by atoms with van der Waals surface area (Å²) < 4.78 is 5.48. The fourth-order valence-electron chi connectivity index (χ4n) is 2.46. The maximum Gasteiger partial charge on any atom is 0.194 e. The van der Waals surface area contributed by atoms with E-state index < -0.39 is 0 Å². The molecule has 0 bridgehead atoms. The minimum atomic E-state index is 0.655. The minimum absolute atomic E-state index is 0.655. The summed E-state index contributed by atoms with van der Waals surface area (Å²) in [6.07, 6.45) is 0. The molecule has 0 spiro atoms. The lowest BCUT2D eigenvalue weighted by Gasteiger charge is -2.22. The van der Waals surface area contributed by atoms with E-state index in [9.17, 15) is 0 Å². The van der Waals surface area contributed by atoms with Crippen LogP contribution in [-0.2, 0) is 13.1 Å². The lowest BCUT2D eigenvalue weighted by molar-refractivity contribution is 0.340. The number of rotatable bonds is 6. The number of benzene rings is 1. The molecule has 0 aliphatic heterocycles. The summed E-state index contributed by atoms with van der Waals surface area (Å²) in [7, 11) is 3.82. The van der Waals surface area contributed by atoms with Crippen LogP contribution in [0.2, 0.25) is 0 Å². The molecule has 128 valence electrons. The Kier molecular flexibility index (Phi) is 6.61. The second-order valence-electron chi connectivity index (χ2n) is 5.60. The molecule has 1 aromatic heterocycles. The molecule has 1 aromatic carbocycles. The van der Waals surface area contributed by atoms with Gasteiger partial charge in [0.1, 0.15) is 5.75 Å². The van der Waals surface area contributed by atoms with Gasteiger partial charge >= 0.3 is 0 Å². The van der Waals surface area contributed by atoms with Crippen molar-refractivity contribution in [1.29, 1.82) is 0 Å². The van der Waals surface area contributed by atoms with Gasteiger partial charge in [0, 0.05) is 26.3 Å². The van der Waals surface area contributed by atoms with Crippen molar-refractivity contribution in [3.63, 3.8) is 0 Å². The predicted molar refractivity (Wildman–Crippen MR) is 98.3 cm³/mol. The Morgan fingerprint density at radius 2 is 1.96 bits per heavy atom. The van der Waals surface area contributed by atoms with Gasteiger partial charge in [0.25, 0.3) is 0 Å². The van der Waals surface area contributed by atoms with Crippen molar-refractivity contribution in [2.75, 3.05) is 20.7 Å². The van der Waals surface area contributed by atoms with Crippen LogP contribution < -0.4 is 10.1 Å². The van der Waals surface area contributed by atoms with Gasteiger partial charge in [0.15, 0.2) is 5.96 Å². The quantitative estimate of drug-likeness (QED) is 0.655. The van der Waals surface area contributed by atoms with Crippen LogP contribution in [-0.4, -0.2) is 36.5 Å². The van der Waals surface area contributed by atoms with E-state index >= 15 is 0 Å². The third kappa shape index (κ3) is 5.26. The SMILES string of the molecule is CCOc1ccc(CN(C)C(=NC)NCc2cccc(C)n2)cc1. The molecular weight excluding hydrogens is 300 g/mol. The maximum absolute atomic E-state index is 5.48. The number of nitrogens with zero attached hydrogens (tertiary/aromatic N) is 3. The Balaban J connectivity index is 1.92. The Labute approximate surface area is 144 Å². The van der Waals surface area contributed by atoms with Gasteiger partial charge < -0.3 is 15.0 Å². The number of nitrogens with one attached hydrogen (secondary N) is 1. The van der Waals surface area contributed by atoms with Gasteiger partial charge in [-0.3, -0.25) is 9.98 Å². The lowest BCUT2D eigenvalue weighted by Crippen LogP contribution is -2.38. The van der Waals surface area contributed by atoms with Crippen molar-refractivity contribution < 1.29 is 4.74 Å². The van der Waals surface area contributed by atoms with E-state index in [1.165, 1.54) is 5.56 Å². The smallest absolute Gasteiger partial charge is 0.194 e. The molecule has 24 heavy (non-hydrogen) atoms. The van der Waals surface area contributed by atoms with E-state index in [2.05, 4.69) is 32.3 Å². The third-order valence-electron chi connectivity index (χ3n) is 3.60. The van der Waals surface area contributed by atoms with E-state index in [0.717, 1.165) is 29.6 Å². The van der Waals surface area contributed by atoms with E-state index in [-0.39, 0.29) is 0 Å². The van der Waals surface area contributed by atoms with E-state index in [1.807, 2.05) is 51.2 Å². The molecule has 0 saturated heterocycles. The Bertz CT molecular complexity index is 667. The molecule has 0 atom stereocenters. The van der Waals surface area contributed by atoms with Crippen LogP contribution in [0.1, 0.15) is 23.9 Å². The summed E-state index contributed by atoms with van der Waals surface area (Å²) in [5.74, 6) is 1.74. The van der Waals surface area contributed by atoms with Crippen LogP contribution in [0.25, 0.3) is 0 Å². The Hall–Kier alpha value is -2.56. The van der Waals surface area contributed by atoms with Gasteiger partial charge in [-0.15, -0.1) is 0 Å². The Morgan fingerprint density at radius 3 is 2.58 bits per heavy atom. The van der Waals surface area contributed by atoms with Crippen LogP contribution in [0, 0.1) is 6.92 Å². The molecular formula is C19H26N4O. The van der Waals surface area contributed by atoms with Crippen molar-refractivity contribution in [1.82, 2.24) is 15.2 Å². The van der Waals surface area contributed by atoms with Gasteiger partial charge in [0.2, 0.25) is 0 Å². The van der Waals surface area contributed by atoms with Crippen LogP contribution in [0.15, 0.2) is 47.5 Å². The number of pyridine rings is 1. The first kappa shape index (κ1) is 17.8. The number of aliphatic imine (C=N–C) groups is 1. The molecule has 0 aliphatic rings. The van der Waals surface area contributed by atoms with Gasteiger partial charge in [-0.2, -0.15) is 0 Å². The number of aromatic nitrogens is 1. The molecule has 0 unspecified atom stereocenters. The zero-order valence-electron chi connectivity index (χ0n) is 14.9. The molecule has 0 radical (unpaired) electrons. The van der Waals surface area contributed by atoms with E-state index in [1.54, 1.807) is 7.05 Å². The number of hydrogen-bond donors (Lipinski definition) is 1. The molecule has 0 amide bonds. The van der Waals surface area contributed by atoms with Crippen molar-refractivity contribution in [3.05, 3.63) is 59.4 Å². The zero-order valence-corrected chi connectivity index (χ0v) is 14.9. The van der Waals surface area contributed by atoms with E-state index in [4.69, 9.17) is 4.74 Å². The molecule has 5 heteroatoms. The highest BCUT2D eigenvalue weighted by atomic mass is 16.5. The van der Waals surface area contributed by atoms with Crippen LogP contribution >= 0.6 is 0 Å². The Morgan fingerprint density at radius 1 is 1.21 bits per heavy atom. The summed E-state index contributed by atoms with van der Waals surface area (Å²) >= 11 is 0. The van der Waals surface area contributed by atoms with Gasteiger partial charge in [-0.25, -0.2) is 0 Å². The van der Waals surface area contributed by atoms with Crippen LogP contribution in [0.5, 0.6) is 5.75 Å². The predicted octanol–water partition coefficient (Wildman–Crippen LogP) is 3.00. The summed E-state index contributed by atoms with van der Waals surface area (Å²) in [5, 5.41) is 3.35. The highest BCUT2D eigenvalue weighted by Gasteiger charge is 2.07. The zero-order chi connectivity index (χ0) is 17.4. The number of hydrogen-bond acceptors (Lipinski definition) is 3. The first-order valence-electron chi connectivity index (χ1n) is 8.18. The molecule has 0 saturated carbocycles. The first-order chi connectivity index (χ1) is 11.6. The van der Waals surface area contributed by atoms with Crippen molar-refractivity contribution in [2.45, 2.75) is 26.9 Å². The highest BCUT2D eigenvalue weighted by molar-refractivity contribution is 5.79. The maximum atomic E-state index is 5.48. The number of ether oxygens (including phenoxy) is 1. The molecule has 0 fully saturated rings. The molecule has 2 aromatic rings. The van der Waals surface area contributed by atoms with Gasteiger partial charge in [0.05, 0.1) is 18.8 Å². The largest absolute Gasteiger partial charge is 0.494 e. The monoisotopic (exact) mass is 326 g/mol. The first-order valence-corrected chi connectivity index (χ1v) is 8.18. The summed E-state index contributed by atoms with van der Waals surface area (Å²) in [4.78, 5) is 10.9. The second kappa shape index (κ2) is 8.91. The van der Waals surface area contributed by atoms with Crippen molar-refractivity contribution in [2.24, 2.45) is 4.99 Å². The van der Waals surface area contributed by atoms with Gasteiger partial charge in [-0.05, 0) is 43.7 Å².